The van der Waals surface area contributed by atoms with Crippen molar-refractivity contribution in [1.82, 2.24) is 9.55 Å². The average molecular weight is 285 g/mol. The number of benzene rings is 1. The summed E-state index contributed by atoms with van der Waals surface area (Å²) in [6.07, 6.45) is 1.62. The minimum atomic E-state index is 0.0385. The number of aromatic nitrogens is 2. The zero-order chi connectivity index (χ0) is 13.9. The predicted molar refractivity (Wildman–Crippen MR) is 83.5 cm³/mol. The molecule has 2 aromatic heterocycles. The van der Waals surface area contributed by atoms with Gasteiger partial charge in [-0.1, -0.05) is 18.2 Å². The highest BCUT2D eigenvalue weighted by molar-refractivity contribution is 7.17. The largest absolute Gasteiger partial charge is 0.383 e. The van der Waals surface area contributed by atoms with Gasteiger partial charge in [-0.05, 0) is 30.0 Å². The molecule has 0 amide bonds. The minimum absolute atomic E-state index is 0.0385. The summed E-state index contributed by atoms with van der Waals surface area (Å²) >= 11 is 1.44. The van der Waals surface area contributed by atoms with Crippen LogP contribution >= 0.6 is 11.3 Å². The van der Waals surface area contributed by atoms with Crippen molar-refractivity contribution < 1.29 is 0 Å². The Morgan fingerprint density at radius 3 is 3.00 bits per heavy atom. The number of rotatable bonds is 4. The topological polar surface area (TPSA) is 46.9 Å². The molecule has 4 nitrogen and oxygen atoms in total. The Labute approximate surface area is 120 Å². The van der Waals surface area contributed by atoms with E-state index in [9.17, 15) is 4.79 Å². The molecule has 20 heavy (non-hydrogen) atoms. The zero-order valence-corrected chi connectivity index (χ0v) is 12.0. The third-order valence-electron chi connectivity index (χ3n) is 3.25. The van der Waals surface area contributed by atoms with Crippen LogP contribution in [-0.2, 0) is 6.54 Å². The van der Waals surface area contributed by atoms with Crippen LogP contribution in [0.4, 0.5) is 5.69 Å². The molecule has 2 heterocycles. The van der Waals surface area contributed by atoms with Gasteiger partial charge in [-0.15, -0.1) is 11.3 Å². The summed E-state index contributed by atoms with van der Waals surface area (Å²) < 4.78 is 2.38. The van der Waals surface area contributed by atoms with E-state index in [0.717, 1.165) is 15.9 Å². The Morgan fingerprint density at radius 1 is 1.30 bits per heavy atom. The monoisotopic (exact) mass is 285 g/mol. The maximum Gasteiger partial charge on any atom is 0.271 e. The molecule has 0 atom stereocenters. The molecular weight excluding hydrogens is 270 g/mol. The first-order valence-electron chi connectivity index (χ1n) is 6.48. The van der Waals surface area contributed by atoms with Crippen LogP contribution in [0.1, 0.15) is 5.56 Å². The second-order valence-corrected chi connectivity index (χ2v) is 5.54. The highest BCUT2D eigenvalue weighted by Crippen LogP contribution is 2.14. The molecule has 3 aromatic rings. The molecule has 0 unspecified atom stereocenters. The summed E-state index contributed by atoms with van der Waals surface area (Å²) in [5.41, 5.74) is 3.12. The van der Waals surface area contributed by atoms with E-state index in [1.165, 1.54) is 16.9 Å². The fraction of sp³-hybridized carbons (Fsp3) is 0.200. The van der Waals surface area contributed by atoms with Crippen molar-refractivity contribution in [2.45, 2.75) is 13.5 Å². The second-order valence-electron chi connectivity index (χ2n) is 4.62. The van der Waals surface area contributed by atoms with E-state index in [2.05, 4.69) is 23.3 Å². The molecule has 1 aromatic carbocycles. The first-order chi connectivity index (χ1) is 9.75. The van der Waals surface area contributed by atoms with Gasteiger partial charge in [0.15, 0.2) is 0 Å². The van der Waals surface area contributed by atoms with E-state index < -0.39 is 0 Å². The summed E-state index contributed by atoms with van der Waals surface area (Å²) in [6, 6.07) is 9.99. The molecule has 0 radical (unpaired) electrons. The molecule has 0 saturated heterocycles. The SMILES string of the molecule is Cc1ccccc1NCCn1cnc2ccsc2c1=O. The van der Waals surface area contributed by atoms with Gasteiger partial charge in [0.2, 0.25) is 0 Å². The van der Waals surface area contributed by atoms with Crippen LogP contribution in [0.2, 0.25) is 0 Å². The van der Waals surface area contributed by atoms with Crippen molar-refractivity contribution in [3.63, 3.8) is 0 Å². The van der Waals surface area contributed by atoms with E-state index in [1.807, 2.05) is 29.6 Å². The molecule has 0 bridgehead atoms. The molecule has 5 heteroatoms. The number of hydrogen-bond donors (Lipinski definition) is 1. The van der Waals surface area contributed by atoms with Crippen LogP contribution in [-0.4, -0.2) is 16.1 Å². The van der Waals surface area contributed by atoms with Gasteiger partial charge >= 0.3 is 0 Å². The summed E-state index contributed by atoms with van der Waals surface area (Å²) in [5, 5.41) is 5.24. The van der Waals surface area contributed by atoms with Crippen molar-refractivity contribution in [2.75, 3.05) is 11.9 Å². The van der Waals surface area contributed by atoms with Crippen LogP contribution in [0, 0.1) is 6.92 Å². The zero-order valence-electron chi connectivity index (χ0n) is 11.2. The Morgan fingerprint density at radius 2 is 2.15 bits per heavy atom. The van der Waals surface area contributed by atoms with Crippen molar-refractivity contribution >= 4 is 27.2 Å². The molecule has 0 spiro atoms. The van der Waals surface area contributed by atoms with Crippen LogP contribution in [0.3, 0.4) is 0 Å². The van der Waals surface area contributed by atoms with Crippen molar-refractivity contribution in [2.24, 2.45) is 0 Å². The minimum Gasteiger partial charge on any atom is -0.383 e. The number of para-hydroxylation sites is 1. The van der Waals surface area contributed by atoms with Crippen molar-refractivity contribution in [3.05, 3.63) is 58.0 Å². The fourth-order valence-corrected chi connectivity index (χ4v) is 2.91. The summed E-state index contributed by atoms with van der Waals surface area (Å²) in [5.74, 6) is 0. The summed E-state index contributed by atoms with van der Waals surface area (Å²) in [7, 11) is 0. The normalized spacial score (nSPS) is 10.8. The smallest absolute Gasteiger partial charge is 0.271 e. The second kappa shape index (κ2) is 5.46. The Bertz CT molecular complexity index is 791. The lowest BCUT2D eigenvalue weighted by atomic mass is 10.2. The Kier molecular flexibility index (Phi) is 3.52. The summed E-state index contributed by atoms with van der Waals surface area (Å²) in [6.45, 7) is 3.37. The fourth-order valence-electron chi connectivity index (χ4n) is 2.12. The molecule has 3 rings (SSSR count). The third-order valence-corrected chi connectivity index (χ3v) is 4.14. The number of nitrogens with one attached hydrogen (secondary N) is 1. The molecule has 0 fully saturated rings. The van der Waals surface area contributed by atoms with Gasteiger partial charge < -0.3 is 5.32 Å². The van der Waals surface area contributed by atoms with E-state index in [1.54, 1.807) is 10.9 Å². The van der Waals surface area contributed by atoms with Crippen LogP contribution in [0.25, 0.3) is 10.2 Å². The molecule has 0 saturated carbocycles. The number of aryl methyl sites for hydroxylation is 1. The third kappa shape index (κ3) is 2.44. The van der Waals surface area contributed by atoms with Crippen molar-refractivity contribution in [1.29, 1.82) is 0 Å². The van der Waals surface area contributed by atoms with Gasteiger partial charge in [0.1, 0.15) is 4.70 Å². The predicted octanol–water partition coefficient (Wildman–Crippen LogP) is 2.88. The Hall–Kier alpha value is -2.14. The highest BCUT2D eigenvalue weighted by Gasteiger charge is 2.04. The lowest BCUT2D eigenvalue weighted by Gasteiger charge is -2.10. The maximum absolute atomic E-state index is 12.2. The lowest BCUT2D eigenvalue weighted by Crippen LogP contribution is -2.23. The maximum atomic E-state index is 12.2. The molecule has 1 N–H and O–H groups in total. The highest BCUT2D eigenvalue weighted by atomic mass is 32.1. The quantitative estimate of drug-likeness (QED) is 0.802. The van der Waals surface area contributed by atoms with Gasteiger partial charge in [0.25, 0.3) is 5.56 Å². The van der Waals surface area contributed by atoms with Gasteiger partial charge in [-0.25, -0.2) is 4.98 Å². The molecular formula is C15H15N3OS. The molecule has 0 aliphatic carbocycles. The van der Waals surface area contributed by atoms with Gasteiger partial charge in [0.05, 0.1) is 11.8 Å². The Balaban J connectivity index is 1.73. The van der Waals surface area contributed by atoms with Gasteiger partial charge in [0, 0.05) is 18.8 Å². The summed E-state index contributed by atoms with van der Waals surface area (Å²) in [4.78, 5) is 16.5. The van der Waals surface area contributed by atoms with Gasteiger partial charge in [-0.2, -0.15) is 0 Å². The van der Waals surface area contributed by atoms with Crippen LogP contribution < -0.4 is 10.9 Å². The average Bonchev–Trinajstić information content (AvgIpc) is 2.93. The van der Waals surface area contributed by atoms with E-state index >= 15 is 0 Å². The molecule has 0 aliphatic heterocycles. The first-order valence-corrected chi connectivity index (χ1v) is 7.36. The van der Waals surface area contributed by atoms with E-state index in [0.29, 0.717) is 13.1 Å². The van der Waals surface area contributed by atoms with Crippen LogP contribution in [0.5, 0.6) is 0 Å². The van der Waals surface area contributed by atoms with Crippen molar-refractivity contribution in [3.8, 4) is 0 Å². The number of hydrogen-bond acceptors (Lipinski definition) is 4. The standard InChI is InChI=1S/C15H15N3OS/c1-11-4-2-3-5-12(11)16-7-8-18-10-17-13-6-9-20-14(13)15(18)19/h2-6,9-10,16H,7-8H2,1H3. The molecule has 102 valence electrons. The number of fused-ring (bicyclic) bond motifs is 1. The number of thiophene rings is 1. The van der Waals surface area contributed by atoms with Gasteiger partial charge in [-0.3, -0.25) is 9.36 Å². The number of anilines is 1. The first kappa shape index (κ1) is 12.9. The molecule has 0 aliphatic rings. The number of nitrogens with zero attached hydrogens (tertiary/aromatic N) is 2. The van der Waals surface area contributed by atoms with E-state index in [4.69, 9.17) is 0 Å². The lowest BCUT2D eigenvalue weighted by molar-refractivity contribution is 0.690. The van der Waals surface area contributed by atoms with Crippen LogP contribution in [0.15, 0.2) is 46.8 Å². The van der Waals surface area contributed by atoms with E-state index in [-0.39, 0.29) is 5.56 Å².